The average molecular weight is 521 g/mol. The highest BCUT2D eigenvalue weighted by molar-refractivity contribution is 6.33. The van der Waals surface area contributed by atoms with Crippen molar-refractivity contribution in [1.82, 2.24) is 9.78 Å². The largest absolute Gasteiger partial charge is 0.489 e. The van der Waals surface area contributed by atoms with E-state index in [1.807, 2.05) is 46.0 Å². The number of nitrogens with zero attached hydrogens (tertiary/aromatic N) is 2. The summed E-state index contributed by atoms with van der Waals surface area (Å²) in [7, 11) is 1.82. The minimum absolute atomic E-state index is 0.0912. The normalized spacial score (nSPS) is 17.2. The van der Waals surface area contributed by atoms with Gasteiger partial charge in [-0.15, -0.1) is 0 Å². The molecule has 8 heteroatoms. The van der Waals surface area contributed by atoms with Crippen LogP contribution < -0.4 is 4.74 Å². The van der Waals surface area contributed by atoms with Crippen molar-refractivity contribution in [3.8, 4) is 17.0 Å². The predicted molar refractivity (Wildman–Crippen MR) is 142 cm³/mol. The molecule has 0 bridgehead atoms. The summed E-state index contributed by atoms with van der Waals surface area (Å²) in [6.45, 7) is 7.59. The maximum atomic E-state index is 12.7. The van der Waals surface area contributed by atoms with Crippen LogP contribution in [0.2, 0.25) is 5.02 Å². The smallest absolute Gasteiger partial charge is 0.331 e. The summed E-state index contributed by atoms with van der Waals surface area (Å²) in [6.07, 6.45) is 4.79. The molecule has 0 saturated carbocycles. The number of carbonyl (C=O) groups is 2. The molecular formula is C29H29ClN2O5. The summed E-state index contributed by atoms with van der Waals surface area (Å²) >= 11 is 6.36. The Kier molecular flexibility index (Phi) is 7.02. The summed E-state index contributed by atoms with van der Waals surface area (Å²) < 4.78 is 7.93. The van der Waals surface area contributed by atoms with E-state index in [2.05, 4.69) is 5.10 Å². The Morgan fingerprint density at radius 1 is 1.11 bits per heavy atom. The predicted octanol–water partition coefficient (Wildman–Crippen LogP) is 5.93. The lowest BCUT2D eigenvalue weighted by molar-refractivity contribution is -0.142. The van der Waals surface area contributed by atoms with Gasteiger partial charge in [-0.25, -0.2) is 4.79 Å². The average Bonchev–Trinajstić information content (AvgIpc) is 3.17. The number of aliphatic carboxylic acids is 2. The van der Waals surface area contributed by atoms with Crippen molar-refractivity contribution in [3.05, 3.63) is 92.7 Å². The highest BCUT2D eigenvalue weighted by atomic mass is 35.5. The van der Waals surface area contributed by atoms with E-state index < -0.39 is 17.4 Å². The van der Waals surface area contributed by atoms with E-state index in [0.717, 1.165) is 22.3 Å². The molecule has 1 heterocycles. The number of hydrogen-bond donors (Lipinski definition) is 2. The van der Waals surface area contributed by atoms with Gasteiger partial charge in [-0.05, 0) is 73.2 Å². The first-order valence-corrected chi connectivity index (χ1v) is 12.2. The van der Waals surface area contributed by atoms with Crippen LogP contribution in [0.3, 0.4) is 0 Å². The molecular weight excluding hydrogens is 492 g/mol. The molecule has 0 fully saturated rings. The van der Waals surface area contributed by atoms with Crippen LogP contribution >= 0.6 is 11.6 Å². The number of rotatable bonds is 7. The Morgan fingerprint density at radius 3 is 2.46 bits per heavy atom. The van der Waals surface area contributed by atoms with Crippen LogP contribution in [0.5, 0.6) is 5.75 Å². The molecule has 0 saturated heterocycles. The molecule has 1 unspecified atom stereocenters. The minimum atomic E-state index is -1.51. The first-order chi connectivity index (χ1) is 17.4. The molecule has 1 aliphatic carbocycles. The summed E-state index contributed by atoms with van der Waals surface area (Å²) in [6, 6.07) is 9.34. The number of ether oxygens (including phenoxy) is 1. The van der Waals surface area contributed by atoms with Crippen LogP contribution in [0.25, 0.3) is 11.3 Å². The number of aryl methyl sites for hydroxylation is 4. The number of allylic oxidation sites excluding steroid dienone is 2. The molecule has 37 heavy (non-hydrogen) atoms. The third kappa shape index (κ3) is 4.79. The van der Waals surface area contributed by atoms with Gasteiger partial charge in [0.25, 0.3) is 0 Å². The van der Waals surface area contributed by atoms with Gasteiger partial charge in [0.1, 0.15) is 23.5 Å². The SMILES string of the molecule is CC1=C(C(=O)O)CC(C(=O)O)(c2cccc(C)c2COc2cc(C)c(-c3nn(C)cc3Cl)cc2C)C=C1. The summed E-state index contributed by atoms with van der Waals surface area (Å²) in [5.74, 6) is -1.56. The summed E-state index contributed by atoms with van der Waals surface area (Å²) in [4.78, 5) is 24.5. The third-order valence-electron chi connectivity index (χ3n) is 7.01. The zero-order valence-corrected chi connectivity index (χ0v) is 22.2. The Balaban J connectivity index is 1.71. The second kappa shape index (κ2) is 9.90. The molecule has 0 amide bonds. The number of hydrogen-bond acceptors (Lipinski definition) is 4. The van der Waals surface area contributed by atoms with Gasteiger partial charge in [-0.3, -0.25) is 9.48 Å². The minimum Gasteiger partial charge on any atom is -0.489 e. The van der Waals surface area contributed by atoms with Gasteiger partial charge < -0.3 is 14.9 Å². The lowest BCUT2D eigenvalue weighted by atomic mass is 9.69. The van der Waals surface area contributed by atoms with Crippen LogP contribution in [0, 0.1) is 20.8 Å². The maximum Gasteiger partial charge on any atom is 0.331 e. The first-order valence-electron chi connectivity index (χ1n) is 11.8. The van der Waals surface area contributed by atoms with Gasteiger partial charge in [0, 0.05) is 30.8 Å². The fraction of sp³-hybridized carbons (Fsp3) is 0.276. The molecule has 192 valence electrons. The standard InChI is InChI=1S/C29H29ClN2O5/c1-16-7-6-8-23(29(28(35)36)10-9-17(2)21(13-29)27(33)34)22(16)15-37-25-12-18(3)20(11-19(25)4)26-24(30)14-32(5)31-26/h6-12,14H,13,15H2,1-5H3,(H,33,34)(H,35,36). The molecule has 0 aliphatic heterocycles. The lowest BCUT2D eigenvalue weighted by Crippen LogP contribution is -2.38. The quantitative estimate of drug-likeness (QED) is 0.400. The molecule has 0 spiro atoms. The van der Waals surface area contributed by atoms with Crippen LogP contribution in [-0.4, -0.2) is 31.9 Å². The van der Waals surface area contributed by atoms with Crippen molar-refractivity contribution >= 4 is 23.5 Å². The van der Waals surface area contributed by atoms with Crippen molar-refractivity contribution in [3.63, 3.8) is 0 Å². The fourth-order valence-corrected chi connectivity index (χ4v) is 5.12. The fourth-order valence-electron chi connectivity index (χ4n) is 4.84. The molecule has 4 rings (SSSR count). The zero-order valence-electron chi connectivity index (χ0n) is 21.4. The van der Waals surface area contributed by atoms with Crippen LogP contribution in [0.15, 0.2) is 59.8 Å². The molecule has 1 aromatic heterocycles. The van der Waals surface area contributed by atoms with Crippen molar-refractivity contribution in [2.24, 2.45) is 7.05 Å². The van der Waals surface area contributed by atoms with E-state index in [9.17, 15) is 19.8 Å². The third-order valence-corrected chi connectivity index (χ3v) is 7.29. The molecule has 3 aromatic rings. The van der Waals surface area contributed by atoms with Crippen molar-refractivity contribution in [2.75, 3.05) is 0 Å². The van der Waals surface area contributed by atoms with E-state index >= 15 is 0 Å². The topological polar surface area (TPSA) is 102 Å². The van der Waals surface area contributed by atoms with Crippen molar-refractivity contribution in [2.45, 2.75) is 46.1 Å². The van der Waals surface area contributed by atoms with Gasteiger partial charge in [-0.2, -0.15) is 5.10 Å². The van der Waals surface area contributed by atoms with E-state index in [0.29, 0.717) is 33.2 Å². The van der Waals surface area contributed by atoms with Crippen LogP contribution in [-0.2, 0) is 28.7 Å². The van der Waals surface area contributed by atoms with E-state index in [4.69, 9.17) is 16.3 Å². The van der Waals surface area contributed by atoms with E-state index in [1.165, 1.54) is 0 Å². The number of benzene rings is 2. The number of carboxylic acid groups (broad SMARTS) is 2. The van der Waals surface area contributed by atoms with Gasteiger partial charge in [-0.1, -0.05) is 42.0 Å². The second-order valence-corrected chi connectivity index (χ2v) is 9.98. The highest BCUT2D eigenvalue weighted by Gasteiger charge is 2.43. The zero-order chi connectivity index (χ0) is 27.1. The Hall–Kier alpha value is -3.84. The summed E-state index contributed by atoms with van der Waals surface area (Å²) in [5, 5.41) is 25.1. The molecule has 0 radical (unpaired) electrons. The molecule has 1 aliphatic rings. The van der Waals surface area contributed by atoms with Gasteiger partial charge in [0.05, 0.1) is 5.02 Å². The molecule has 2 aromatic carbocycles. The highest BCUT2D eigenvalue weighted by Crippen LogP contribution is 2.41. The van der Waals surface area contributed by atoms with Gasteiger partial charge >= 0.3 is 11.9 Å². The molecule has 7 nitrogen and oxygen atoms in total. The van der Waals surface area contributed by atoms with Gasteiger partial charge in [0.2, 0.25) is 0 Å². The number of halogens is 1. The number of carboxylic acids is 2. The van der Waals surface area contributed by atoms with Crippen molar-refractivity contribution in [1.29, 1.82) is 0 Å². The lowest BCUT2D eigenvalue weighted by Gasteiger charge is -2.32. The molecule has 1 atom stereocenters. The van der Waals surface area contributed by atoms with Crippen molar-refractivity contribution < 1.29 is 24.5 Å². The molecule has 2 N–H and O–H groups in total. The second-order valence-electron chi connectivity index (χ2n) is 9.57. The Labute approximate surface area is 220 Å². The van der Waals surface area contributed by atoms with E-state index in [1.54, 1.807) is 42.1 Å². The first kappa shape index (κ1) is 26.2. The van der Waals surface area contributed by atoms with E-state index in [-0.39, 0.29) is 18.6 Å². The number of aromatic nitrogens is 2. The van der Waals surface area contributed by atoms with Gasteiger partial charge in [0.15, 0.2) is 0 Å². The maximum absolute atomic E-state index is 12.7. The Bertz CT molecular complexity index is 1480. The Morgan fingerprint density at radius 2 is 1.84 bits per heavy atom. The van der Waals surface area contributed by atoms with Crippen LogP contribution in [0.4, 0.5) is 0 Å². The summed E-state index contributed by atoms with van der Waals surface area (Å²) in [5.41, 5.74) is 4.66. The monoisotopic (exact) mass is 520 g/mol. The van der Waals surface area contributed by atoms with Crippen LogP contribution in [0.1, 0.15) is 41.2 Å².